The Labute approximate surface area is 277 Å². The van der Waals surface area contributed by atoms with Gasteiger partial charge in [-0.3, -0.25) is 4.98 Å². The molecule has 46 heavy (non-hydrogen) atoms. The quantitative estimate of drug-likeness (QED) is 0.188. The van der Waals surface area contributed by atoms with Crippen LogP contribution >= 0.6 is 22.7 Å². The number of hydrogen-bond acceptors (Lipinski definition) is 6. The smallest absolute Gasteiger partial charge is 0.182 e. The topological polar surface area (TPSA) is 28.6 Å². The van der Waals surface area contributed by atoms with Crippen LogP contribution in [0.1, 0.15) is 40.2 Å². The minimum absolute atomic E-state index is 0.0299. The molecule has 0 spiro atoms. The molecular weight excluding hydrogens is 603 g/mol. The molecular formula is C40H35N3OS2. The summed E-state index contributed by atoms with van der Waals surface area (Å²) < 4.78 is 9.21. The zero-order valence-electron chi connectivity index (χ0n) is 26.7. The second kappa shape index (κ2) is 11.0. The van der Waals surface area contributed by atoms with E-state index in [9.17, 15) is 0 Å². The van der Waals surface area contributed by atoms with Crippen LogP contribution in [0.2, 0.25) is 0 Å². The fraction of sp³-hybridized carbons (Fsp3) is 0.175. The Bertz CT molecular complexity index is 2290. The standard InChI is InChI=1S/C40H35N3OS2/c1-25-26(2)43(24-42(25)29-10-7-6-8-11-29)30-12-9-13-31(21-30)44-37-23-35-33(36-20-28(16-18-41-36)40(3,4)5)22-34-32(39(35)46-37)15-14-27-17-19-45-38(27)34/h6-23H,24H2,1-5H3. The Morgan fingerprint density at radius 2 is 1.50 bits per heavy atom. The number of allylic oxidation sites excluding steroid dienone is 2. The number of para-hydroxylation sites is 1. The Balaban J connectivity index is 1.20. The molecule has 0 radical (unpaired) electrons. The lowest BCUT2D eigenvalue weighted by Crippen LogP contribution is -2.26. The second-order valence-corrected chi connectivity index (χ2v) is 14.9. The van der Waals surface area contributed by atoms with Crippen LogP contribution in [0.4, 0.5) is 11.4 Å². The first-order valence-corrected chi connectivity index (χ1v) is 17.3. The summed E-state index contributed by atoms with van der Waals surface area (Å²) >= 11 is 3.51. The predicted octanol–water partition coefficient (Wildman–Crippen LogP) is 12.0. The SMILES string of the molecule is CC1=C(C)N(c2cccc(Oc3cc4c(-c5cc(C(C)(C)C)ccn5)cc5c(ccc6ccsc65)c4s3)c2)CN1c1ccccc1. The molecule has 0 atom stereocenters. The van der Waals surface area contributed by atoms with E-state index in [1.165, 1.54) is 53.6 Å². The average molecular weight is 638 g/mol. The van der Waals surface area contributed by atoms with Crippen molar-refractivity contribution in [3.05, 3.63) is 126 Å². The van der Waals surface area contributed by atoms with Crippen LogP contribution < -0.4 is 14.5 Å². The third-order valence-corrected chi connectivity index (χ3v) is 11.1. The highest BCUT2D eigenvalue weighted by Gasteiger charge is 2.26. The molecule has 0 saturated heterocycles. The van der Waals surface area contributed by atoms with Gasteiger partial charge in [-0.1, -0.05) is 68.5 Å². The first kappa shape index (κ1) is 28.8. The third-order valence-electron chi connectivity index (χ3n) is 9.13. The normalized spacial score (nSPS) is 13.9. The number of nitrogens with zero attached hydrogens (tertiary/aromatic N) is 3. The van der Waals surface area contributed by atoms with Crippen LogP contribution in [-0.2, 0) is 5.41 Å². The molecule has 4 aromatic carbocycles. The molecule has 0 aliphatic carbocycles. The van der Waals surface area contributed by atoms with Gasteiger partial charge in [0.2, 0.25) is 0 Å². The summed E-state index contributed by atoms with van der Waals surface area (Å²) in [6.45, 7) is 11.9. The second-order valence-electron chi connectivity index (χ2n) is 13.0. The van der Waals surface area contributed by atoms with Gasteiger partial charge in [0.15, 0.2) is 5.06 Å². The van der Waals surface area contributed by atoms with E-state index in [4.69, 9.17) is 9.72 Å². The maximum Gasteiger partial charge on any atom is 0.182 e. The fourth-order valence-electron chi connectivity index (χ4n) is 6.43. The van der Waals surface area contributed by atoms with Crippen molar-refractivity contribution in [1.29, 1.82) is 0 Å². The number of aromatic nitrogens is 1. The average Bonchev–Trinajstić information content (AvgIpc) is 3.79. The number of hydrogen-bond donors (Lipinski definition) is 0. The van der Waals surface area contributed by atoms with Crippen molar-refractivity contribution < 1.29 is 4.74 Å². The monoisotopic (exact) mass is 637 g/mol. The molecule has 1 aliphatic rings. The summed E-state index contributed by atoms with van der Waals surface area (Å²) in [5.41, 5.74) is 8.25. The molecule has 3 aromatic heterocycles. The Morgan fingerprint density at radius 3 is 2.30 bits per heavy atom. The van der Waals surface area contributed by atoms with Crippen LogP contribution in [0.5, 0.6) is 10.8 Å². The van der Waals surface area contributed by atoms with Crippen molar-refractivity contribution in [2.75, 3.05) is 16.5 Å². The van der Waals surface area contributed by atoms with Crippen LogP contribution in [0.15, 0.2) is 120 Å². The molecule has 1 aliphatic heterocycles. The van der Waals surface area contributed by atoms with Crippen molar-refractivity contribution in [1.82, 2.24) is 4.98 Å². The maximum atomic E-state index is 6.67. The minimum atomic E-state index is 0.0299. The lowest BCUT2D eigenvalue weighted by atomic mass is 9.86. The van der Waals surface area contributed by atoms with Gasteiger partial charge >= 0.3 is 0 Å². The van der Waals surface area contributed by atoms with E-state index in [2.05, 4.69) is 141 Å². The summed E-state index contributed by atoms with van der Waals surface area (Å²) in [5, 5.41) is 8.02. The highest BCUT2D eigenvalue weighted by molar-refractivity contribution is 7.22. The highest BCUT2D eigenvalue weighted by atomic mass is 32.1. The summed E-state index contributed by atoms with van der Waals surface area (Å²) in [7, 11) is 0. The van der Waals surface area contributed by atoms with E-state index in [1.54, 1.807) is 22.7 Å². The van der Waals surface area contributed by atoms with Gasteiger partial charge in [-0.15, -0.1) is 11.3 Å². The van der Waals surface area contributed by atoms with Gasteiger partial charge in [0.25, 0.3) is 0 Å². The van der Waals surface area contributed by atoms with Gasteiger partial charge in [-0.25, -0.2) is 0 Å². The Morgan fingerprint density at radius 1 is 0.717 bits per heavy atom. The number of fused-ring (bicyclic) bond motifs is 5. The van der Waals surface area contributed by atoms with Crippen LogP contribution in [0.25, 0.3) is 42.2 Å². The number of pyridine rings is 1. The fourth-order valence-corrected chi connectivity index (χ4v) is 8.43. The zero-order chi connectivity index (χ0) is 31.6. The van der Waals surface area contributed by atoms with Gasteiger partial charge in [0.05, 0.1) is 12.4 Å². The number of anilines is 2. The molecule has 228 valence electrons. The van der Waals surface area contributed by atoms with Crippen LogP contribution in [0, 0.1) is 0 Å². The van der Waals surface area contributed by atoms with E-state index >= 15 is 0 Å². The summed E-state index contributed by atoms with van der Waals surface area (Å²) in [5.74, 6) is 0.826. The van der Waals surface area contributed by atoms with E-state index in [0.29, 0.717) is 0 Å². The zero-order valence-corrected chi connectivity index (χ0v) is 28.3. The molecule has 0 bridgehead atoms. The molecule has 4 nitrogen and oxygen atoms in total. The third kappa shape index (κ3) is 4.93. The lowest BCUT2D eigenvalue weighted by Gasteiger charge is -2.24. The maximum absolute atomic E-state index is 6.67. The summed E-state index contributed by atoms with van der Waals surface area (Å²) in [6.07, 6.45) is 1.95. The number of benzene rings is 4. The van der Waals surface area contributed by atoms with Crippen LogP contribution in [0.3, 0.4) is 0 Å². The molecule has 8 rings (SSSR count). The molecule has 0 saturated carbocycles. The largest absolute Gasteiger partial charge is 0.447 e. The van der Waals surface area contributed by atoms with Gasteiger partial charge in [0, 0.05) is 72.2 Å². The summed E-state index contributed by atoms with van der Waals surface area (Å²) in [4.78, 5) is 9.60. The van der Waals surface area contributed by atoms with E-state index in [1.807, 2.05) is 12.3 Å². The van der Waals surface area contributed by atoms with Crippen molar-refractivity contribution in [2.24, 2.45) is 0 Å². The van der Waals surface area contributed by atoms with E-state index in [-0.39, 0.29) is 5.41 Å². The number of thiophene rings is 2. The molecule has 7 aromatic rings. The molecule has 6 heteroatoms. The van der Waals surface area contributed by atoms with Crippen molar-refractivity contribution in [3.63, 3.8) is 0 Å². The van der Waals surface area contributed by atoms with Gasteiger partial charge in [-0.05, 0) is 84.1 Å². The first-order chi connectivity index (χ1) is 22.2. The number of ether oxygens (including phenoxy) is 1. The van der Waals surface area contributed by atoms with Crippen molar-refractivity contribution in [3.8, 4) is 22.1 Å². The molecule has 0 unspecified atom stereocenters. The molecule has 0 fully saturated rings. The van der Waals surface area contributed by atoms with Crippen LogP contribution in [-0.4, -0.2) is 11.7 Å². The van der Waals surface area contributed by atoms with Crippen molar-refractivity contribution in [2.45, 2.75) is 40.0 Å². The minimum Gasteiger partial charge on any atom is -0.447 e. The van der Waals surface area contributed by atoms with Gasteiger partial charge in [0.1, 0.15) is 5.75 Å². The van der Waals surface area contributed by atoms with Gasteiger partial charge in [-0.2, -0.15) is 0 Å². The molecule has 4 heterocycles. The Hall–Kier alpha value is -4.65. The highest BCUT2D eigenvalue weighted by Crippen LogP contribution is 2.46. The molecule has 0 N–H and O–H groups in total. The first-order valence-electron chi connectivity index (χ1n) is 15.6. The van der Waals surface area contributed by atoms with Gasteiger partial charge < -0.3 is 14.5 Å². The van der Waals surface area contributed by atoms with E-state index < -0.39 is 0 Å². The Kier molecular flexibility index (Phi) is 6.89. The lowest BCUT2D eigenvalue weighted by molar-refractivity contribution is 0.497. The predicted molar refractivity (Wildman–Crippen MR) is 198 cm³/mol. The van der Waals surface area contributed by atoms with Crippen molar-refractivity contribution >= 4 is 65.0 Å². The number of rotatable bonds is 5. The summed E-state index contributed by atoms with van der Waals surface area (Å²) in [6, 6.07) is 34.7. The van der Waals surface area contributed by atoms with E-state index in [0.717, 1.165) is 34.4 Å². The molecule has 0 amide bonds.